The summed E-state index contributed by atoms with van der Waals surface area (Å²) >= 11 is 0. The molecule has 4 heterocycles. The lowest BCUT2D eigenvalue weighted by atomic mass is 9.89. The molecule has 0 spiro atoms. The van der Waals surface area contributed by atoms with Crippen LogP contribution in [0.3, 0.4) is 0 Å². The second kappa shape index (κ2) is 8.86. The van der Waals surface area contributed by atoms with Gasteiger partial charge in [0.05, 0.1) is 41.4 Å². The second-order valence-corrected chi connectivity index (χ2v) is 10.2. The van der Waals surface area contributed by atoms with Crippen LogP contribution in [0.25, 0.3) is 22.4 Å². The third kappa shape index (κ3) is 4.70. The van der Waals surface area contributed by atoms with Gasteiger partial charge in [0.2, 0.25) is 0 Å². The number of halogens is 3. The molecule has 0 N–H and O–H groups in total. The van der Waals surface area contributed by atoms with E-state index in [-0.39, 0.29) is 18.1 Å². The van der Waals surface area contributed by atoms with Crippen molar-refractivity contribution >= 4 is 11.2 Å². The van der Waals surface area contributed by atoms with Crippen LogP contribution in [0.2, 0.25) is 0 Å². The lowest BCUT2D eigenvalue weighted by molar-refractivity contribution is -0.137. The molecule has 3 aromatic heterocycles. The number of rotatable bonds is 4. The molecule has 1 aromatic carbocycles. The highest BCUT2D eigenvalue weighted by Gasteiger charge is 2.34. The van der Waals surface area contributed by atoms with Gasteiger partial charge in [0, 0.05) is 23.2 Å². The molecule has 0 unspecified atom stereocenters. The van der Waals surface area contributed by atoms with Gasteiger partial charge in [-0.25, -0.2) is 19.9 Å². The van der Waals surface area contributed by atoms with Crippen molar-refractivity contribution in [3.8, 4) is 11.3 Å². The van der Waals surface area contributed by atoms with Gasteiger partial charge >= 0.3 is 6.18 Å². The van der Waals surface area contributed by atoms with Gasteiger partial charge in [-0.3, -0.25) is 4.68 Å². The minimum atomic E-state index is -4.41. The first-order valence-electron chi connectivity index (χ1n) is 12.6. The fourth-order valence-electron chi connectivity index (χ4n) is 4.96. The van der Waals surface area contributed by atoms with Crippen LogP contribution in [0, 0.1) is 13.8 Å². The molecule has 1 aliphatic heterocycles. The number of fused-ring (bicyclic) bond motifs is 1. The summed E-state index contributed by atoms with van der Waals surface area (Å²) < 4.78 is 47.8. The lowest BCUT2D eigenvalue weighted by Gasteiger charge is -2.33. The zero-order valence-corrected chi connectivity index (χ0v) is 20.8. The molecule has 10 heteroatoms. The molecule has 0 amide bonds. The molecule has 1 saturated carbocycles. The first-order chi connectivity index (χ1) is 17.7. The first-order valence-corrected chi connectivity index (χ1v) is 12.6. The molecule has 2 aliphatic rings. The van der Waals surface area contributed by atoms with E-state index in [1.54, 1.807) is 0 Å². The van der Waals surface area contributed by atoms with Gasteiger partial charge in [0.1, 0.15) is 17.0 Å². The van der Waals surface area contributed by atoms with E-state index in [9.17, 15) is 13.2 Å². The summed E-state index contributed by atoms with van der Waals surface area (Å²) in [6.45, 7) is 5.75. The molecule has 6 rings (SSSR count). The smallest absolute Gasteiger partial charge is 0.370 e. The van der Waals surface area contributed by atoms with E-state index in [0.717, 1.165) is 48.3 Å². The topological polar surface area (TPSA) is 78.6 Å². The number of aryl methyl sites for hydroxylation is 2. The summed E-state index contributed by atoms with van der Waals surface area (Å²) in [4.78, 5) is 19.0. The van der Waals surface area contributed by atoms with Crippen molar-refractivity contribution < 1.29 is 17.9 Å². The Balaban J connectivity index is 1.40. The van der Waals surface area contributed by atoms with Gasteiger partial charge in [0.25, 0.3) is 0 Å². The SMILES string of the molecule is Cc1nc2nc([C@@H]3C[C@@H](C)O[C@@H](c4cnn(C5CC5)c4)C3)nc(-c3ccc(C(F)(F)F)cc3)c2nc1C. The van der Waals surface area contributed by atoms with Crippen LogP contribution < -0.4 is 0 Å². The summed E-state index contributed by atoms with van der Waals surface area (Å²) in [6, 6.07) is 5.51. The number of hydrogen-bond donors (Lipinski definition) is 0. The highest BCUT2D eigenvalue weighted by molar-refractivity contribution is 5.87. The molecule has 0 radical (unpaired) electrons. The number of benzene rings is 1. The van der Waals surface area contributed by atoms with Crippen LogP contribution >= 0.6 is 0 Å². The molecular weight excluding hydrogens is 481 g/mol. The van der Waals surface area contributed by atoms with E-state index in [2.05, 4.69) is 21.3 Å². The maximum absolute atomic E-state index is 13.2. The molecule has 2 fully saturated rings. The minimum absolute atomic E-state index is 0.0148. The predicted molar refractivity (Wildman–Crippen MR) is 131 cm³/mol. The second-order valence-electron chi connectivity index (χ2n) is 10.2. The summed E-state index contributed by atoms with van der Waals surface area (Å²) in [6.07, 6.45) is 3.10. The van der Waals surface area contributed by atoms with E-state index < -0.39 is 11.7 Å². The Morgan fingerprint density at radius 3 is 2.38 bits per heavy atom. The fraction of sp³-hybridized carbons (Fsp3) is 0.444. The van der Waals surface area contributed by atoms with Gasteiger partial charge in [-0.2, -0.15) is 18.3 Å². The third-order valence-corrected chi connectivity index (χ3v) is 7.24. The van der Waals surface area contributed by atoms with Crippen LogP contribution in [0.15, 0.2) is 36.7 Å². The summed E-state index contributed by atoms with van der Waals surface area (Å²) in [5, 5.41) is 4.52. The van der Waals surface area contributed by atoms with Crippen LogP contribution in [-0.2, 0) is 10.9 Å². The van der Waals surface area contributed by atoms with Gasteiger partial charge in [-0.15, -0.1) is 0 Å². The van der Waals surface area contributed by atoms with Crippen molar-refractivity contribution in [2.75, 3.05) is 0 Å². The Morgan fingerprint density at radius 1 is 0.946 bits per heavy atom. The Hall–Kier alpha value is -3.40. The number of nitrogens with zero attached hydrogens (tertiary/aromatic N) is 6. The van der Waals surface area contributed by atoms with Gasteiger partial charge in [-0.05, 0) is 58.6 Å². The van der Waals surface area contributed by atoms with Gasteiger partial charge in [0.15, 0.2) is 5.65 Å². The van der Waals surface area contributed by atoms with Crippen molar-refractivity contribution in [2.45, 2.75) is 76.8 Å². The quantitative estimate of drug-likeness (QED) is 0.323. The van der Waals surface area contributed by atoms with E-state index in [1.807, 2.05) is 31.6 Å². The maximum Gasteiger partial charge on any atom is 0.416 e. The van der Waals surface area contributed by atoms with E-state index in [4.69, 9.17) is 14.7 Å². The normalized spacial score (nSPS) is 22.5. The first kappa shape index (κ1) is 24.0. The summed E-state index contributed by atoms with van der Waals surface area (Å²) in [7, 11) is 0. The predicted octanol–water partition coefficient (Wildman–Crippen LogP) is 6.28. The molecular formula is C27H27F3N6O. The number of aromatic nitrogens is 6. The van der Waals surface area contributed by atoms with E-state index in [1.165, 1.54) is 12.1 Å². The van der Waals surface area contributed by atoms with Crippen LogP contribution in [0.5, 0.6) is 0 Å². The van der Waals surface area contributed by atoms with E-state index in [0.29, 0.717) is 40.7 Å². The minimum Gasteiger partial charge on any atom is -0.370 e. The molecule has 0 bridgehead atoms. The average molecular weight is 509 g/mol. The zero-order chi connectivity index (χ0) is 25.9. The summed E-state index contributed by atoms with van der Waals surface area (Å²) in [5.41, 5.74) is 3.77. The molecule has 3 atom stereocenters. The van der Waals surface area contributed by atoms with Gasteiger partial charge in [-0.1, -0.05) is 12.1 Å². The summed E-state index contributed by atoms with van der Waals surface area (Å²) in [5.74, 6) is 0.591. The van der Waals surface area contributed by atoms with Crippen molar-refractivity contribution in [3.63, 3.8) is 0 Å². The largest absolute Gasteiger partial charge is 0.416 e. The van der Waals surface area contributed by atoms with Crippen LogP contribution in [0.1, 0.15) is 79.0 Å². The monoisotopic (exact) mass is 508 g/mol. The Labute approximate surface area is 212 Å². The zero-order valence-electron chi connectivity index (χ0n) is 20.8. The Morgan fingerprint density at radius 2 is 1.68 bits per heavy atom. The van der Waals surface area contributed by atoms with Crippen LogP contribution in [0.4, 0.5) is 13.2 Å². The molecule has 7 nitrogen and oxygen atoms in total. The number of hydrogen-bond acceptors (Lipinski definition) is 6. The molecule has 1 saturated heterocycles. The highest BCUT2D eigenvalue weighted by atomic mass is 19.4. The van der Waals surface area contributed by atoms with Gasteiger partial charge < -0.3 is 4.74 Å². The van der Waals surface area contributed by atoms with Crippen molar-refractivity contribution in [1.29, 1.82) is 0 Å². The molecule has 1 aliphatic carbocycles. The van der Waals surface area contributed by atoms with Crippen LogP contribution in [-0.4, -0.2) is 35.8 Å². The Kier molecular flexibility index (Phi) is 5.74. The van der Waals surface area contributed by atoms with Crippen molar-refractivity contribution in [2.24, 2.45) is 0 Å². The average Bonchev–Trinajstić information content (AvgIpc) is 3.59. The standard InChI is InChI=1S/C27H27F3N6O/c1-14-10-18(11-22(37-14)19-12-31-36(13-19)21-8-9-21)25-34-23(17-4-6-20(7-5-17)27(28,29)30)24-26(35-25)33-16(3)15(2)32-24/h4-7,12-14,18,21-22H,8-11H2,1-3H3/t14-,18-,22-/m1/s1. The molecule has 192 valence electrons. The molecule has 4 aromatic rings. The number of alkyl halides is 3. The number of ether oxygens (including phenoxy) is 1. The fourth-order valence-corrected chi connectivity index (χ4v) is 4.96. The van der Waals surface area contributed by atoms with Crippen molar-refractivity contribution in [1.82, 2.24) is 29.7 Å². The Bertz CT molecular complexity index is 1460. The van der Waals surface area contributed by atoms with E-state index >= 15 is 0 Å². The third-order valence-electron chi connectivity index (χ3n) is 7.24. The maximum atomic E-state index is 13.2. The van der Waals surface area contributed by atoms with Crippen molar-refractivity contribution in [3.05, 3.63) is 65.0 Å². The lowest BCUT2D eigenvalue weighted by Crippen LogP contribution is -2.26. The highest BCUT2D eigenvalue weighted by Crippen LogP contribution is 2.41. The molecule has 37 heavy (non-hydrogen) atoms.